The van der Waals surface area contributed by atoms with Crippen LogP contribution in [-0.2, 0) is 0 Å². The lowest BCUT2D eigenvalue weighted by Gasteiger charge is -2.34. The summed E-state index contributed by atoms with van der Waals surface area (Å²) >= 11 is 0. The normalized spacial score (nSPS) is 17.9. The van der Waals surface area contributed by atoms with Crippen LogP contribution in [0.25, 0.3) is 0 Å². The third-order valence-corrected chi connectivity index (χ3v) is 3.75. The van der Waals surface area contributed by atoms with Gasteiger partial charge in [0.05, 0.1) is 5.56 Å². The van der Waals surface area contributed by atoms with Crippen molar-refractivity contribution >= 4 is 5.91 Å². The number of hydrogen-bond acceptors (Lipinski definition) is 4. The van der Waals surface area contributed by atoms with Crippen LogP contribution < -0.4 is 10.6 Å². The van der Waals surface area contributed by atoms with E-state index >= 15 is 0 Å². The Morgan fingerprint density at radius 2 is 2.05 bits per heavy atom. The number of amides is 1. The van der Waals surface area contributed by atoms with E-state index in [4.69, 9.17) is 0 Å². The van der Waals surface area contributed by atoms with E-state index in [0.29, 0.717) is 6.54 Å². The van der Waals surface area contributed by atoms with E-state index < -0.39 is 0 Å². The highest BCUT2D eigenvalue weighted by atomic mass is 16.3. The molecule has 0 bridgehead atoms. The average molecular weight is 264 g/mol. The van der Waals surface area contributed by atoms with Gasteiger partial charge < -0.3 is 20.8 Å². The third kappa shape index (κ3) is 3.17. The van der Waals surface area contributed by atoms with Gasteiger partial charge in [0.25, 0.3) is 5.91 Å². The summed E-state index contributed by atoms with van der Waals surface area (Å²) in [5, 5.41) is 25.2. The smallest absolute Gasteiger partial charge is 0.255 e. The molecular formula is C14H20N2O3. The molecule has 1 amide bonds. The molecule has 1 fully saturated rings. The van der Waals surface area contributed by atoms with Crippen LogP contribution in [-0.4, -0.2) is 35.8 Å². The number of phenolic OH excluding ortho intramolecular Hbond substituents is 2. The Bertz CT molecular complexity index is 468. The first-order valence-electron chi connectivity index (χ1n) is 6.52. The lowest BCUT2D eigenvalue weighted by molar-refractivity contribution is 0.0919. The number of carbonyl (C=O) groups is 1. The second-order valence-electron chi connectivity index (χ2n) is 5.42. The summed E-state index contributed by atoms with van der Waals surface area (Å²) in [4.78, 5) is 12.0. The lowest BCUT2D eigenvalue weighted by Crippen LogP contribution is -2.42. The standard InChI is InChI=1S/C14H20N2O3/c1-14(5-7-15-8-6-14)9-16-13(19)10-3-2-4-11(17)12(10)18/h2-4,15,17-18H,5-9H2,1H3,(H,16,19). The topological polar surface area (TPSA) is 81.6 Å². The fraction of sp³-hybridized carbons (Fsp3) is 0.500. The Hall–Kier alpha value is -1.75. The van der Waals surface area contributed by atoms with Crippen molar-refractivity contribution in [3.05, 3.63) is 23.8 Å². The molecule has 104 valence electrons. The number of nitrogens with one attached hydrogen (secondary N) is 2. The number of phenols is 2. The van der Waals surface area contributed by atoms with Crippen molar-refractivity contribution < 1.29 is 15.0 Å². The van der Waals surface area contributed by atoms with E-state index in [2.05, 4.69) is 17.6 Å². The minimum Gasteiger partial charge on any atom is -0.504 e. The molecule has 1 aliphatic heterocycles. The summed E-state index contributed by atoms with van der Waals surface area (Å²) in [6, 6.07) is 4.38. The number of piperidine rings is 1. The highest BCUT2D eigenvalue weighted by Crippen LogP contribution is 2.29. The maximum absolute atomic E-state index is 12.0. The average Bonchev–Trinajstić information content (AvgIpc) is 2.40. The van der Waals surface area contributed by atoms with Crippen LogP contribution in [0, 0.1) is 5.41 Å². The number of para-hydroxylation sites is 1. The van der Waals surface area contributed by atoms with Crippen molar-refractivity contribution in [3.8, 4) is 11.5 Å². The fourth-order valence-corrected chi connectivity index (χ4v) is 2.31. The van der Waals surface area contributed by atoms with Crippen molar-refractivity contribution in [1.82, 2.24) is 10.6 Å². The number of benzene rings is 1. The second-order valence-corrected chi connectivity index (χ2v) is 5.42. The van der Waals surface area contributed by atoms with Crippen molar-refractivity contribution in [2.45, 2.75) is 19.8 Å². The molecule has 5 nitrogen and oxygen atoms in total. The van der Waals surface area contributed by atoms with Crippen LogP contribution in [0.15, 0.2) is 18.2 Å². The molecule has 1 saturated heterocycles. The maximum atomic E-state index is 12.0. The van der Waals surface area contributed by atoms with E-state index in [1.54, 1.807) is 0 Å². The maximum Gasteiger partial charge on any atom is 0.255 e. The summed E-state index contributed by atoms with van der Waals surface area (Å²) in [6.45, 7) is 4.65. The Morgan fingerprint density at radius 1 is 1.37 bits per heavy atom. The Kier molecular flexibility index (Phi) is 3.95. The van der Waals surface area contributed by atoms with Gasteiger partial charge in [-0.2, -0.15) is 0 Å². The Morgan fingerprint density at radius 3 is 2.74 bits per heavy atom. The van der Waals surface area contributed by atoms with Crippen LogP contribution in [0.1, 0.15) is 30.1 Å². The summed E-state index contributed by atoms with van der Waals surface area (Å²) in [5.74, 6) is -0.996. The monoisotopic (exact) mass is 264 g/mol. The first kappa shape index (κ1) is 13.7. The van der Waals surface area contributed by atoms with Gasteiger partial charge in [-0.3, -0.25) is 4.79 Å². The minimum absolute atomic E-state index is 0.0906. The van der Waals surface area contributed by atoms with Crippen molar-refractivity contribution in [3.63, 3.8) is 0 Å². The number of rotatable bonds is 3. The predicted molar refractivity (Wildman–Crippen MR) is 72.3 cm³/mol. The molecule has 0 spiro atoms. The molecular weight excluding hydrogens is 244 g/mol. The Balaban J connectivity index is 1.99. The van der Waals surface area contributed by atoms with E-state index in [0.717, 1.165) is 25.9 Å². The molecule has 0 radical (unpaired) electrons. The van der Waals surface area contributed by atoms with Gasteiger partial charge in [0.2, 0.25) is 0 Å². The SMILES string of the molecule is CC1(CNC(=O)c2cccc(O)c2O)CCNCC1. The van der Waals surface area contributed by atoms with Gasteiger partial charge in [-0.25, -0.2) is 0 Å². The van der Waals surface area contributed by atoms with Crippen molar-refractivity contribution in [1.29, 1.82) is 0 Å². The van der Waals surface area contributed by atoms with Gasteiger partial charge in [0.1, 0.15) is 0 Å². The van der Waals surface area contributed by atoms with Crippen LogP contribution >= 0.6 is 0 Å². The summed E-state index contributed by atoms with van der Waals surface area (Å²) < 4.78 is 0. The van der Waals surface area contributed by atoms with Crippen molar-refractivity contribution in [2.75, 3.05) is 19.6 Å². The van der Waals surface area contributed by atoms with Crippen LogP contribution in [0.2, 0.25) is 0 Å². The Labute approximate surface area is 112 Å². The van der Waals surface area contributed by atoms with E-state index in [1.165, 1.54) is 18.2 Å². The summed E-state index contributed by atoms with van der Waals surface area (Å²) in [7, 11) is 0. The molecule has 0 aromatic heterocycles. The molecule has 1 aromatic rings. The van der Waals surface area contributed by atoms with Gasteiger partial charge in [-0.05, 0) is 43.5 Å². The fourth-order valence-electron chi connectivity index (χ4n) is 2.31. The van der Waals surface area contributed by atoms with Gasteiger partial charge in [-0.1, -0.05) is 13.0 Å². The molecule has 0 unspecified atom stereocenters. The van der Waals surface area contributed by atoms with Gasteiger partial charge in [-0.15, -0.1) is 0 Å². The highest BCUT2D eigenvalue weighted by molar-refractivity contribution is 5.97. The second kappa shape index (κ2) is 5.48. The molecule has 0 atom stereocenters. The first-order valence-corrected chi connectivity index (χ1v) is 6.52. The lowest BCUT2D eigenvalue weighted by atomic mass is 9.81. The molecule has 1 aromatic carbocycles. The van der Waals surface area contributed by atoms with Gasteiger partial charge >= 0.3 is 0 Å². The molecule has 2 rings (SSSR count). The number of hydrogen-bond donors (Lipinski definition) is 4. The van der Waals surface area contributed by atoms with Gasteiger partial charge in [0.15, 0.2) is 11.5 Å². The molecule has 1 aliphatic rings. The zero-order valence-electron chi connectivity index (χ0n) is 11.1. The molecule has 0 saturated carbocycles. The summed E-state index contributed by atoms with van der Waals surface area (Å²) in [5.41, 5.74) is 0.199. The van der Waals surface area contributed by atoms with Crippen LogP contribution in [0.5, 0.6) is 11.5 Å². The molecule has 5 heteroatoms. The quantitative estimate of drug-likeness (QED) is 0.619. The van der Waals surface area contributed by atoms with Crippen molar-refractivity contribution in [2.24, 2.45) is 5.41 Å². The minimum atomic E-state index is -0.365. The molecule has 0 aliphatic carbocycles. The first-order chi connectivity index (χ1) is 9.02. The highest BCUT2D eigenvalue weighted by Gasteiger charge is 2.27. The zero-order chi connectivity index (χ0) is 13.9. The molecule has 19 heavy (non-hydrogen) atoms. The number of carbonyl (C=O) groups excluding carboxylic acids is 1. The number of aromatic hydroxyl groups is 2. The van der Waals surface area contributed by atoms with E-state index in [1.807, 2.05) is 0 Å². The van der Waals surface area contributed by atoms with Gasteiger partial charge in [0, 0.05) is 6.54 Å². The van der Waals surface area contributed by atoms with Crippen LogP contribution in [0.3, 0.4) is 0 Å². The van der Waals surface area contributed by atoms with E-state index in [-0.39, 0.29) is 28.4 Å². The largest absolute Gasteiger partial charge is 0.504 e. The summed E-state index contributed by atoms with van der Waals surface area (Å²) in [6.07, 6.45) is 2.03. The third-order valence-electron chi connectivity index (χ3n) is 3.75. The molecule has 1 heterocycles. The predicted octanol–water partition coefficient (Wildman–Crippen LogP) is 1.22. The zero-order valence-corrected chi connectivity index (χ0v) is 11.1. The van der Waals surface area contributed by atoms with E-state index in [9.17, 15) is 15.0 Å². The molecule has 4 N–H and O–H groups in total. The van der Waals surface area contributed by atoms with Crippen LogP contribution in [0.4, 0.5) is 0 Å².